The summed E-state index contributed by atoms with van der Waals surface area (Å²) in [7, 11) is -3.56. The Morgan fingerprint density at radius 3 is 2.56 bits per heavy atom. The molecule has 0 unspecified atom stereocenters. The summed E-state index contributed by atoms with van der Waals surface area (Å²) in [4.78, 5) is 2.46. The number of sulfonamides is 1. The van der Waals surface area contributed by atoms with Crippen LogP contribution in [0.4, 0.5) is 0 Å². The lowest BCUT2D eigenvalue weighted by molar-refractivity contribution is 0.0626. The van der Waals surface area contributed by atoms with E-state index >= 15 is 0 Å². The molecule has 0 aliphatic carbocycles. The van der Waals surface area contributed by atoms with Gasteiger partial charge in [0.1, 0.15) is 18.2 Å². The zero-order valence-corrected chi connectivity index (χ0v) is 20.8. The Hall–Kier alpha value is -2.70. The number of ether oxygens (including phenoxy) is 2. The average molecular weight is 511 g/mol. The monoisotopic (exact) mass is 510 g/mol. The van der Waals surface area contributed by atoms with E-state index in [-0.39, 0.29) is 24.5 Å². The van der Waals surface area contributed by atoms with Gasteiger partial charge in [-0.05, 0) is 53.6 Å². The zero-order chi connectivity index (χ0) is 24.5. The van der Waals surface area contributed by atoms with Crippen LogP contribution in [0.25, 0.3) is 11.4 Å². The fraction of sp³-hybridized carbons (Fsp3) is 0.480. The van der Waals surface area contributed by atoms with Crippen LogP contribution in [-0.4, -0.2) is 78.1 Å². The summed E-state index contributed by atoms with van der Waals surface area (Å²) >= 11 is 0. The molecule has 36 heavy (non-hydrogen) atoms. The molecule has 0 bridgehead atoms. The highest BCUT2D eigenvalue weighted by Crippen LogP contribution is 2.36. The van der Waals surface area contributed by atoms with Gasteiger partial charge >= 0.3 is 0 Å². The van der Waals surface area contributed by atoms with Gasteiger partial charge in [-0.1, -0.05) is 48.5 Å². The lowest BCUT2D eigenvalue weighted by Crippen LogP contribution is -2.44. The van der Waals surface area contributed by atoms with Crippen molar-refractivity contribution in [3.63, 3.8) is 0 Å². The summed E-state index contributed by atoms with van der Waals surface area (Å²) in [6.07, 6.45) is 1.76. The molecule has 190 valence electrons. The molecule has 0 radical (unpaired) electrons. The molecule has 11 heteroatoms. The van der Waals surface area contributed by atoms with Gasteiger partial charge in [-0.3, -0.25) is 4.90 Å². The van der Waals surface area contributed by atoms with Gasteiger partial charge in [0.2, 0.25) is 10.0 Å². The van der Waals surface area contributed by atoms with Crippen molar-refractivity contribution in [1.29, 1.82) is 0 Å². The Labute approximate surface area is 210 Å². The second-order valence-electron chi connectivity index (χ2n) is 9.76. The van der Waals surface area contributed by atoms with E-state index in [0.29, 0.717) is 12.4 Å². The second kappa shape index (κ2) is 9.98. The number of rotatable bonds is 8. The van der Waals surface area contributed by atoms with E-state index in [0.717, 1.165) is 30.8 Å². The van der Waals surface area contributed by atoms with Crippen LogP contribution in [0.3, 0.4) is 0 Å². The van der Waals surface area contributed by atoms with Gasteiger partial charge < -0.3 is 9.47 Å². The number of nitrogens with one attached hydrogen (secondary N) is 1. The van der Waals surface area contributed by atoms with Crippen LogP contribution in [0.2, 0.25) is 0 Å². The quantitative estimate of drug-likeness (QED) is 0.488. The predicted molar refractivity (Wildman–Crippen MR) is 132 cm³/mol. The van der Waals surface area contributed by atoms with Crippen molar-refractivity contribution in [3.05, 3.63) is 65.7 Å². The molecular weight excluding hydrogens is 480 g/mol. The van der Waals surface area contributed by atoms with Crippen LogP contribution in [0, 0.1) is 0 Å². The van der Waals surface area contributed by atoms with Gasteiger partial charge in [-0.2, -0.15) is 0 Å². The van der Waals surface area contributed by atoms with Crippen molar-refractivity contribution in [2.24, 2.45) is 0 Å². The maximum absolute atomic E-state index is 12.8. The number of benzene rings is 2. The molecule has 2 aromatic carbocycles. The highest BCUT2D eigenvalue weighted by molar-refractivity contribution is 7.88. The summed E-state index contributed by atoms with van der Waals surface area (Å²) in [5.74, 6) is 0.569. The number of likely N-dealkylation sites (tertiary alicyclic amines) is 1. The number of tetrazole rings is 1. The fourth-order valence-corrected chi connectivity index (χ4v) is 6.85. The van der Waals surface area contributed by atoms with E-state index in [1.807, 2.05) is 30.3 Å². The van der Waals surface area contributed by atoms with E-state index in [2.05, 4.69) is 37.3 Å². The van der Waals surface area contributed by atoms with Gasteiger partial charge in [-0.15, -0.1) is 5.10 Å². The van der Waals surface area contributed by atoms with Crippen LogP contribution in [0.1, 0.15) is 30.0 Å². The van der Waals surface area contributed by atoms with Crippen molar-refractivity contribution >= 4 is 10.0 Å². The first-order chi connectivity index (χ1) is 17.6. The number of aromatic nitrogens is 4. The molecule has 4 heterocycles. The minimum absolute atomic E-state index is 0.0872. The lowest BCUT2D eigenvalue weighted by atomic mass is 10.1. The van der Waals surface area contributed by atoms with Crippen LogP contribution in [0.5, 0.6) is 0 Å². The summed E-state index contributed by atoms with van der Waals surface area (Å²) in [5.41, 5.74) is 2.91. The molecule has 6 rings (SSSR count). The number of fused-ring (bicyclic) bond motifs is 1. The summed E-state index contributed by atoms with van der Waals surface area (Å²) in [6, 6.07) is 16.7. The molecule has 0 saturated carbocycles. The van der Waals surface area contributed by atoms with Crippen LogP contribution in [-0.2, 0) is 31.8 Å². The smallest absolute Gasteiger partial charge is 0.216 e. The SMILES string of the molecule is O=S(=O)(Cc1ccccc1)N[C@H]1CO[C@H]2[C@@H]1OC[C@@H]2n1nnnc1-c1cccc(CN2CCCC2)c1. The summed E-state index contributed by atoms with van der Waals surface area (Å²) in [5, 5.41) is 12.5. The minimum Gasteiger partial charge on any atom is -0.371 e. The van der Waals surface area contributed by atoms with Crippen molar-refractivity contribution in [2.75, 3.05) is 26.3 Å². The van der Waals surface area contributed by atoms with Gasteiger partial charge in [-0.25, -0.2) is 17.8 Å². The van der Waals surface area contributed by atoms with Gasteiger partial charge in [0.05, 0.1) is 25.0 Å². The predicted octanol–water partition coefficient (Wildman–Crippen LogP) is 1.76. The Morgan fingerprint density at radius 1 is 0.944 bits per heavy atom. The van der Waals surface area contributed by atoms with Crippen molar-refractivity contribution in [3.8, 4) is 11.4 Å². The molecule has 4 atom stereocenters. The summed E-state index contributed by atoms with van der Waals surface area (Å²) in [6.45, 7) is 3.77. The first-order valence-electron chi connectivity index (χ1n) is 12.4. The van der Waals surface area contributed by atoms with Crippen molar-refractivity contribution < 1.29 is 17.9 Å². The number of hydrogen-bond acceptors (Lipinski definition) is 8. The third kappa shape index (κ3) is 4.94. The van der Waals surface area contributed by atoms with E-state index in [1.165, 1.54) is 18.4 Å². The van der Waals surface area contributed by atoms with Crippen LogP contribution >= 0.6 is 0 Å². The molecule has 10 nitrogen and oxygen atoms in total. The molecule has 3 aliphatic rings. The third-order valence-electron chi connectivity index (χ3n) is 7.15. The molecule has 3 saturated heterocycles. The molecule has 3 aromatic rings. The van der Waals surface area contributed by atoms with Gasteiger partial charge in [0.25, 0.3) is 0 Å². The zero-order valence-electron chi connectivity index (χ0n) is 19.9. The topological polar surface area (TPSA) is 111 Å². The Balaban J connectivity index is 1.16. The van der Waals surface area contributed by atoms with Gasteiger partial charge in [0.15, 0.2) is 5.82 Å². The number of hydrogen-bond donors (Lipinski definition) is 1. The highest BCUT2D eigenvalue weighted by atomic mass is 32.2. The maximum Gasteiger partial charge on any atom is 0.216 e. The van der Waals surface area contributed by atoms with E-state index in [9.17, 15) is 8.42 Å². The molecule has 1 aromatic heterocycles. The molecular formula is C25H30N6O4S. The van der Waals surface area contributed by atoms with E-state index in [1.54, 1.807) is 16.8 Å². The van der Waals surface area contributed by atoms with Crippen molar-refractivity contribution in [1.82, 2.24) is 29.8 Å². The van der Waals surface area contributed by atoms with E-state index < -0.39 is 22.2 Å². The third-order valence-corrected chi connectivity index (χ3v) is 8.53. The van der Waals surface area contributed by atoms with Crippen LogP contribution in [0.15, 0.2) is 54.6 Å². The number of nitrogens with zero attached hydrogens (tertiary/aromatic N) is 5. The molecule has 0 spiro atoms. The Morgan fingerprint density at radius 2 is 1.72 bits per heavy atom. The fourth-order valence-electron chi connectivity index (χ4n) is 5.47. The van der Waals surface area contributed by atoms with Gasteiger partial charge in [0, 0.05) is 12.1 Å². The Kier molecular flexibility index (Phi) is 6.57. The molecule has 3 fully saturated rings. The summed E-state index contributed by atoms with van der Waals surface area (Å²) < 4.78 is 42.2. The van der Waals surface area contributed by atoms with Crippen LogP contribution < -0.4 is 4.72 Å². The normalized spacial score (nSPS) is 26.4. The first kappa shape index (κ1) is 23.7. The molecule has 0 amide bonds. The second-order valence-corrected chi connectivity index (χ2v) is 11.5. The highest BCUT2D eigenvalue weighted by Gasteiger charge is 2.50. The maximum atomic E-state index is 12.8. The lowest BCUT2D eigenvalue weighted by Gasteiger charge is -2.18. The Bertz CT molecular complexity index is 1290. The average Bonchev–Trinajstić information content (AvgIpc) is 3.66. The largest absolute Gasteiger partial charge is 0.371 e. The molecule has 3 aliphatic heterocycles. The van der Waals surface area contributed by atoms with E-state index in [4.69, 9.17) is 9.47 Å². The molecule has 1 N–H and O–H groups in total. The standard InChI is InChI=1S/C25H30N6O4S/c32-36(33,17-18-7-2-1-3-8-18)27-21-15-34-24-22(16-35-23(21)24)31-25(26-28-29-31)20-10-6-9-19(13-20)14-30-11-4-5-12-30/h1-3,6-10,13,21-24,27H,4-5,11-12,14-17H2/t21-,22-,23+,24+/m0/s1. The first-order valence-corrected chi connectivity index (χ1v) is 14.1. The van der Waals surface area contributed by atoms with Crippen molar-refractivity contribution in [2.45, 2.75) is 49.4 Å². The minimum atomic E-state index is -3.56.